The fraction of sp³-hybridized carbons (Fsp3) is 0.385. The molecule has 0 N–H and O–H groups in total. The summed E-state index contributed by atoms with van der Waals surface area (Å²) in [7, 11) is 0. The highest BCUT2D eigenvalue weighted by atomic mass is 16.1. The molecule has 15 heavy (non-hydrogen) atoms. The lowest BCUT2D eigenvalue weighted by Crippen LogP contribution is -2.28. The van der Waals surface area contributed by atoms with Crippen LogP contribution in [0.3, 0.4) is 0 Å². The monoisotopic (exact) mass is 202 g/mol. The predicted octanol–water partition coefficient (Wildman–Crippen LogP) is 2.37. The molecule has 2 nitrogen and oxygen atoms in total. The second-order valence-corrected chi connectivity index (χ2v) is 4.04. The normalized spacial score (nSPS) is 25.1. The van der Waals surface area contributed by atoms with Crippen LogP contribution in [0.2, 0.25) is 0 Å². The van der Waals surface area contributed by atoms with Crippen molar-refractivity contribution in [2.45, 2.75) is 26.2 Å². The average Bonchev–Trinajstić information content (AvgIpc) is 2.43. The average molecular weight is 202 g/mol. The Bertz CT molecular complexity index is 397. The zero-order valence-electron chi connectivity index (χ0n) is 8.82. The summed E-state index contributed by atoms with van der Waals surface area (Å²) in [6.45, 7) is 1.51. The molecule has 0 spiro atoms. The summed E-state index contributed by atoms with van der Waals surface area (Å²) in [6.07, 6.45) is 10.2. The first-order chi connectivity index (χ1) is 7.20. The number of ketones is 2. The quantitative estimate of drug-likeness (QED) is 0.612. The third-order valence-electron chi connectivity index (χ3n) is 3.01. The van der Waals surface area contributed by atoms with E-state index in [9.17, 15) is 9.59 Å². The number of carbonyl (C=O) groups is 2. The minimum absolute atomic E-state index is 0.00263. The molecule has 1 unspecified atom stereocenters. The first-order valence-electron chi connectivity index (χ1n) is 5.31. The molecule has 0 amide bonds. The van der Waals surface area contributed by atoms with E-state index < -0.39 is 5.92 Å². The van der Waals surface area contributed by atoms with Crippen molar-refractivity contribution in [2.24, 2.45) is 5.92 Å². The van der Waals surface area contributed by atoms with Gasteiger partial charge in [-0.3, -0.25) is 9.59 Å². The number of carbonyl (C=O) groups excluding carboxylic acids is 2. The fourth-order valence-corrected chi connectivity index (χ4v) is 2.15. The van der Waals surface area contributed by atoms with Gasteiger partial charge in [-0.25, -0.2) is 0 Å². The molecule has 2 aliphatic rings. The van der Waals surface area contributed by atoms with Gasteiger partial charge in [-0.1, -0.05) is 24.3 Å². The van der Waals surface area contributed by atoms with Gasteiger partial charge in [-0.05, 0) is 31.8 Å². The highest BCUT2D eigenvalue weighted by Gasteiger charge is 2.32. The molecule has 1 fully saturated rings. The van der Waals surface area contributed by atoms with Crippen LogP contribution in [0.4, 0.5) is 0 Å². The third-order valence-corrected chi connectivity index (χ3v) is 3.01. The lowest BCUT2D eigenvalue weighted by Gasteiger charge is -2.22. The summed E-state index contributed by atoms with van der Waals surface area (Å²) < 4.78 is 0. The van der Waals surface area contributed by atoms with Crippen LogP contribution in [0.25, 0.3) is 0 Å². The van der Waals surface area contributed by atoms with Gasteiger partial charge < -0.3 is 0 Å². The van der Waals surface area contributed by atoms with Gasteiger partial charge in [0.05, 0.1) is 5.92 Å². The molecule has 0 aliphatic heterocycles. The second-order valence-electron chi connectivity index (χ2n) is 4.04. The third kappa shape index (κ3) is 1.84. The van der Waals surface area contributed by atoms with Crippen molar-refractivity contribution in [3.63, 3.8) is 0 Å². The maximum absolute atomic E-state index is 12.0. The van der Waals surface area contributed by atoms with E-state index in [1.54, 1.807) is 0 Å². The molecule has 0 aromatic carbocycles. The molecule has 0 aromatic rings. The topological polar surface area (TPSA) is 34.1 Å². The molecule has 0 saturated heterocycles. The maximum atomic E-state index is 12.0. The van der Waals surface area contributed by atoms with Gasteiger partial charge in [-0.15, -0.1) is 0 Å². The van der Waals surface area contributed by atoms with Gasteiger partial charge in [0, 0.05) is 5.57 Å². The highest BCUT2D eigenvalue weighted by Crippen LogP contribution is 2.31. The van der Waals surface area contributed by atoms with Crippen molar-refractivity contribution in [3.8, 4) is 0 Å². The smallest absolute Gasteiger partial charge is 0.173 e. The molecule has 1 atom stereocenters. The van der Waals surface area contributed by atoms with Crippen molar-refractivity contribution < 1.29 is 9.59 Å². The molecule has 0 aromatic heterocycles. The Morgan fingerprint density at radius 3 is 3.00 bits per heavy atom. The molecule has 1 saturated carbocycles. The number of hydrogen-bond donors (Lipinski definition) is 0. The molecule has 2 heteroatoms. The minimum Gasteiger partial charge on any atom is -0.299 e. The van der Waals surface area contributed by atoms with E-state index >= 15 is 0 Å². The van der Waals surface area contributed by atoms with Crippen LogP contribution in [-0.4, -0.2) is 11.6 Å². The van der Waals surface area contributed by atoms with E-state index in [0.29, 0.717) is 6.42 Å². The number of rotatable bonds is 1. The van der Waals surface area contributed by atoms with Crippen LogP contribution < -0.4 is 0 Å². The summed E-state index contributed by atoms with van der Waals surface area (Å²) in [5.74, 6) is -0.382. The maximum Gasteiger partial charge on any atom is 0.173 e. The van der Waals surface area contributed by atoms with Crippen LogP contribution in [0.1, 0.15) is 26.2 Å². The van der Waals surface area contributed by atoms with E-state index in [0.717, 1.165) is 24.0 Å². The van der Waals surface area contributed by atoms with Gasteiger partial charge in [0.15, 0.2) is 5.78 Å². The van der Waals surface area contributed by atoms with Crippen molar-refractivity contribution in [3.05, 3.63) is 35.5 Å². The molecule has 0 bridgehead atoms. The van der Waals surface area contributed by atoms with E-state index in [1.165, 1.54) is 6.92 Å². The fourth-order valence-electron chi connectivity index (χ4n) is 2.15. The number of hydrogen-bond acceptors (Lipinski definition) is 2. The number of fused-ring (bicyclic) bond motifs is 1. The van der Waals surface area contributed by atoms with Crippen molar-refractivity contribution in [2.75, 3.05) is 0 Å². The molecule has 2 rings (SSSR count). The highest BCUT2D eigenvalue weighted by molar-refractivity contribution is 6.12. The van der Waals surface area contributed by atoms with Crippen LogP contribution in [0.15, 0.2) is 35.5 Å². The first-order valence-corrected chi connectivity index (χ1v) is 5.31. The van der Waals surface area contributed by atoms with Gasteiger partial charge in [0.25, 0.3) is 0 Å². The van der Waals surface area contributed by atoms with E-state index in [4.69, 9.17) is 0 Å². The summed E-state index contributed by atoms with van der Waals surface area (Å²) in [6, 6.07) is 0. The van der Waals surface area contributed by atoms with Gasteiger partial charge in [0.1, 0.15) is 5.78 Å². The molecule has 78 valence electrons. The molecule has 0 radical (unpaired) electrons. The second kappa shape index (κ2) is 3.97. The Balaban J connectivity index is 2.33. The van der Waals surface area contributed by atoms with Crippen molar-refractivity contribution >= 4 is 11.6 Å². The Kier molecular flexibility index (Phi) is 2.67. The number of Topliss-reactive ketones (excluding diaryl/α,β-unsaturated/α-hetero) is 2. The van der Waals surface area contributed by atoms with Crippen molar-refractivity contribution in [1.29, 1.82) is 0 Å². The lowest BCUT2D eigenvalue weighted by molar-refractivity contribution is -0.130. The van der Waals surface area contributed by atoms with Crippen molar-refractivity contribution in [1.82, 2.24) is 0 Å². The van der Waals surface area contributed by atoms with Gasteiger partial charge in [-0.2, -0.15) is 0 Å². The summed E-state index contributed by atoms with van der Waals surface area (Å²) >= 11 is 0. The minimum atomic E-state index is -0.397. The van der Waals surface area contributed by atoms with E-state index in [-0.39, 0.29) is 11.6 Å². The Morgan fingerprint density at radius 1 is 1.47 bits per heavy atom. The van der Waals surface area contributed by atoms with Gasteiger partial charge in [0.2, 0.25) is 0 Å². The largest absolute Gasteiger partial charge is 0.299 e. The first kappa shape index (κ1) is 10.1. The zero-order chi connectivity index (χ0) is 10.8. The molecular formula is C13H14O2. The van der Waals surface area contributed by atoms with Crippen LogP contribution >= 0.6 is 0 Å². The number of allylic oxidation sites excluding steroid dienone is 6. The molecular weight excluding hydrogens is 188 g/mol. The van der Waals surface area contributed by atoms with Crippen LogP contribution in [0.5, 0.6) is 0 Å². The standard InChI is InChI=1S/C13H14O2/c1-9(14)11-8-7-10-5-3-2-4-6-12(10)13(11)15/h2-3,5-6,11H,4,7-8H2,1H3. The summed E-state index contributed by atoms with van der Waals surface area (Å²) in [5.41, 5.74) is 1.86. The van der Waals surface area contributed by atoms with Crippen LogP contribution in [0, 0.1) is 5.92 Å². The zero-order valence-corrected chi connectivity index (χ0v) is 8.82. The lowest BCUT2D eigenvalue weighted by atomic mass is 9.79. The van der Waals surface area contributed by atoms with E-state index in [1.807, 2.05) is 24.3 Å². The van der Waals surface area contributed by atoms with Crippen LogP contribution in [-0.2, 0) is 9.59 Å². The molecule has 0 heterocycles. The van der Waals surface area contributed by atoms with Gasteiger partial charge >= 0.3 is 0 Å². The Labute approximate surface area is 89.4 Å². The predicted molar refractivity (Wildman–Crippen MR) is 58.3 cm³/mol. The Morgan fingerprint density at radius 2 is 2.27 bits per heavy atom. The molecule has 2 aliphatic carbocycles. The van der Waals surface area contributed by atoms with E-state index in [2.05, 4.69) is 0 Å². The summed E-state index contributed by atoms with van der Waals surface area (Å²) in [5, 5.41) is 0. The summed E-state index contributed by atoms with van der Waals surface area (Å²) in [4.78, 5) is 23.3. The SMILES string of the molecule is CC(=O)C1CCC2=CC=CCC=C2C1=O. The Hall–Kier alpha value is -1.44.